The Morgan fingerprint density at radius 3 is 1.92 bits per heavy atom. The van der Waals surface area contributed by atoms with Gasteiger partial charge in [-0.2, -0.15) is 0 Å². The van der Waals surface area contributed by atoms with Crippen molar-refractivity contribution in [3.05, 3.63) is 35.4 Å². The lowest BCUT2D eigenvalue weighted by atomic mass is 10.1. The molecule has 0 radical (unpaired) electrons. The van der Waals surface area contributed by atoms with Crippen LogP contribution in [0.15, 0.2) is 24.3 Å². The van der Waals surface area contributed by atoms with Crippen molar-refractivity contribution in [2.24, 2.45) is 0 Å². The average molecular weight is 346 g/mol. The highest BCUT2D eigenvalue weighted by Crippen LogP contribution is 2.13. The Balaban J connectivity index is 2.53. The van der Waals surface area contributed by atoms with Crippen LogP contribution in [-0.4, -0.2) is 23.9 Å². The van der Waals surface area contributed by atoms with E-state index in [1.54, 1.807) is 0 Å². The van der Waals surface area contributed by atoms with Crippen molar-refractivity contribution in [3.8, 4) is 0 Å². The van der Waals surface area contributed by atoms with Crippen LogP contribution in [0.25, 0.3) is 0 Å². The van der Waals surface area contributed by atoms with Crippen molar-refractivity contribution < 1.29 is 4.79 Å². The maximum Gasteiger partial charge on any atom is 0.253 e. The summed E-state index contributed by atoms with van der Waals surface area (Å²) in [6.07, 6.45) is 13.4. The van der Waals surface area contributed by atoms with E-state index in [4.69, 9.17) is 0 Å². The molecule has 1 aromatic carbocycles. The Kier molecular flexibility index (Phi) is 12.1. The van der Waals surface area contributed by atoms with E-state index in [0.29, 0.717) is 0 Å². The second-order valence-electron chi connectivity index (χ2n) is 7.21. The molecule has 2 heteroatoms. The molecule has 0 fully saturated rings. The summed E-state index contributed by atoms with van der Waals surface area (Å²) in [5, 5.41) is 0. The Hall–Kier alpha value is -1.31. The first kappa shape index (κ1) is 21.7. The molecular weight excluding hydrogens is 306 g/mol. The summed E-state index contributed by atoms with van der Waals surface area (Å²) < 4.78 is 0. The van der Waals surface area contributed by atoms with E-state index in [1.807, 2.05) is 12.1 Å². The van der Waals surface area contributed by atoms with Gasteiger partial charge < -0.3 is 4.90 Å². The van der Waals surface area contributed by atoms with E-state index < -0.39 is 0 Å². The van der Waals surface area contributed by atoms with Gasteiger partial charge in [0.2, 0.25) is 0 Å². The molecule has 142 valence electrons. The Morgan fingerprint density at radius 2 is 1.28 bits per heavy atom. The third-order valence-electron chi connectivity index (χ3n) is 4.87. The predicted molar refractivity (Wildman–Crippen MR) is 109 cm³/mol. The molecule has 0 aliphatic rings. The zero-order chi connectivity index (χ0) is 18.3. The molecule has 0 N–H and O–H groups in total. The van der Waals surface area contributed by atoms with Crippen molar-refractivity contribution >= 4 is 5.91 Å². The first-order valence-corrected chi connectivity index (χ1v) is 10.6. The van der Waals surface area contributed by atoms with Gasteiger partial charge in [0.25, 0.3) is 5.91 Å². The van der Waals surface area contributed by atoms with Gasteiger partial charge in [-0.25, -0.2) is 0 Å². The van der Waals surface area contributed by atoms with E-state index in [9.17, 15) is 4.79 Å². The van der Waals surface area contributed by atoms with E-state index in [2.05, 4.69) is 37.8 Å². The highest BCUT2D eigenvalue weighted by molar-refractivity contribution is 5.94. The minimum atomic E-state index is 0.212. The van der Waals surface area contributed by atoms with E-state index in [-0.39, 0.29) is 5.91 Å². The Labute approximate surface area is 156 Å². The molecule has 1 aromatic rings. The first-order valence-electron chi connectivity index (χ1n) is 10.6. The highest BCUT2D eigenvalue weighted by Gasteiger charge is 2.14. The van der Waals surface area contributed by atoms with Gasteiger partial charge in [0.1, 0.15) is 0 Å². The number of carbonyl (C=O) groups is 1. The number of amides is 1. The van der Waals surface area contributed by atoms with E-state index in [1.165, 1.54) is 50.5 Å². The Bertz CT molecular complexity index is 452. The summed E-state index contributed by atoms with van der Waals surface area (Å²) in [5.74, 6) is 0.212. The summed E-state index contributed by atoms with van der Waals surface area (Å²) in [6, 6.07) is 8.30. The minimum Gasteiger partial charge on any atom is -0.339 e. The van der Waals surface area contributed by atoms with Crippen LogP contribution in [0.3, 0.4) is 0 Å². The first-order chi connectivity index (χ1) is 12.2. The quantitative estimate of drug-likeness (QED) is 0.346. The molecule has 0 spiro atoms. The molecule has 1 rings (SSSR count). The smallest absolute Gasteiger partial charge is 0.253 e. The molecule has 25 heavy (non-hydrogen) atoms. The summed E-state index contributed by atoms with van der Waals surface area (Å²) in [7, 11) is 0. The van der Waals surface area contributed by atoms with Gasteiger partial charge in [-0.1, -0.05) is 77.8 Å². The minimum absolute atomic E-state index is 0.212. The van der Waals surface area contributed by atoms with Gasteiger partial charge in [0, 0.05) is 18.7 Å². The van der Waals surface area contributed by atoms with Crippen LogP contribution >= 0.6 is 0 Å². The number of carbonyl (C=O) groups excluding carboxylic acids is 1. The third kappa shape index (κ3) is 9.09. The largest absolute Gasteiger partial charge is 0.339 e. The number of hydrogen-bond donors (Lipinski definition) is 0. The molecule has 0 bridgehead atoms. The summed E-state index contributed by atoms with van der Waals surface area (Å²) >= 11 is 0. The van der Waals surface area contributed by atoms with Gasteiger partial charge >= 0.3 is 0 Å². The van der Waals surface area contributed by atoms with E-state index in [0.717, 1.165) is 44.3 Å². The van der Waals surface area contributed by atoms with Crippen LogP contribution in [0.4, 0.5) is 0 Å². The lowest BCUT2D eigenvalue weighted by molar-refractivity contribution is 0.0750. The third-order valence-corrected chi connectivity index (χ3v) is 4.87. The van der Waals surface area contributed by atoms with Gasteiger partial charge in [-0.05, 0) is 43.4 Å². The molecule has 0 atom stereocenters. The molecule has 0 aliphatic heterocycles. The molecular formula is C23H39NO. The lowest BCUT2D eigenvalue weighted by Gasteiger charge is -2.23. The highest BCUT2D eigenvalue weighted by atomic mass is 16.2. The molecule has 2 nitrogen and oxygen atoms in total. The molecule has 0 saturated heterocycles. The zero-order valence-corrected chi connectivity index (χ0v) is 16.9. The zero-order valence-electron chi connectivity index (χ0n) is 16.9. The molecule has 1 amide bonds. The maximum atomic E-state index is 12.9. The normalized spacial score (nSPS) is 10.8. The van der Waals surface area contributed by atoms with Crippen molar-refractivity contribution in [3.63, 3.8) is 0 Å². The molecule has 0 unspecified atom stereocenters. The summed E-state index contributed by atoms with van der Waals surface area (Å²) in [4.78, 5) is 14.9. The SMILES string of the molecule is CCCCCCCCN(CCCC)C(=O)c1ccc(CCCC)cc1. The van der Waals surface area contributed by atoms with Gasteiger partial charge in [-0.15, -0.1) is 0 Å². The molecule has 0 saturated carbocycles. The van der Waals surface area contributed by atoms with Crippen LogP contribution in [0.2, 0.25) is 0 Å². The average Bonchev–Trinajstić information content (AvgIpc) is 2.65. The maximum absolute atomic E-state index is 12.9. The van der Waals surface area contributed by atoms with Crippen LogP contribution in [-0.2, 0) is 6.42 Å². The topological polar surface area (TPSA) is 20.3 Å². The predicted octanol–water partition coefficient (Wildman–Crippen LogP) is 6.63. The fourth-order valence-electron chi connectivity index (χ4n) is 3.12. The van der Waals surface area contributed by atoms with Crippen LogP contribution in [0.5, 0.6) is 0 Å². The van der Waals surface area contributed by atoms with E-state index >= 15 is 0 Å². The number of nitrogens with zero attached hydrogens (tertiary/aromatic N) is 1. The number of aryl methyl sites for hydroxylation is 1. The number of hydrogen-bond acceptors (Lipinski definition) is 1. The fourth-order valence-corrected chi connectivity index (χ4v) is 3.12. The Morgan fingerprint density at radius 1 is 0.720 bits per heavy atom. The molecule has 0 aromatic heterocycles. The summed E-state index contributed by atoms with van der Waals surface area (Å²) in [5.41, 5.74) is 2.19. The number of rotatable bonds is 14. The number of benzene rings is 1. The van der Waals surface area contributed by atoms with Crippen LogP contribution < -0.4 is 0 Å². The van der Waals surface area contributed by atoms with Crippen molar-refractivity contribution in [2.75, 3.05) is 13.1 Å². The van der Waals surface area contributed by atoms with Crippen molar-refractivity contribution in [2.45, 2.75) is 91.4 Å². The van der Waals surface area contributed by atoms with Crippen LogP contribution in [0, 0.1) is 0 Å². The lowest BCUT2D eigenvalue weighted by Crippen LogP contribution is -2.33. The summed E-state index contributed by atoms with van der Waals surface area (Å²) in [6.45, 7) is 8.45. The van der Waals surface area contributed by atoms with Gasteiger partial charge in [0.15, 0.2) is 0 Å². The van der Waals surface area contributed by atoms with Crippen molar-refractivity contribution in [1.82, 2.24) is 4.90 Å². The number of unbranched alkanes of at least 4 members (excludes halogenated alkanes) is 7. The molecule has 0 aliphatic carbocycles. The monoisotopic (exact) mass is 345 g/mol. The van der Waals surface area contributed by atoms with Gasteiger partial charge in [0.05, 0.1) is 0 Å². The molecule has 0 heterocycles. The fraction of sp³-hybridized carbons (Fsp3) is 0.696. The van der Waals surface area contributed by atoms with Crippen molar-refractivity contribution in [1.29, 1.82) is 0 Å². The second kappa shape index (κ2) is 13.9. The standard InChI is InChI=1S/C23H39NO/c1-4-7-10-11-12-13-20-24(19-9-6-3)23(25)22-17-15-21(16-18-22)14-8-5-2/h15-18H,4-14,19-20H2,1-3H3. The van der Waals surface area contributed by atoms with Crippen LogP contribution in [0.1, 0.15) is 101 Å². The second-order valence-corrected chi connectivity index (χ2v) is 7.21. The van der Waals surface area contributed by atoms with Gasteiger partial charge in [-0.3, -0.25) is 4.79 Å².